The number of rotatable bonds is 6. The Kier molecular flexibility index (Phi) is 8.29. The average Bonchev–Trinajstić information content (AvgIpc) is 2.95. The molecular formula is C32H29N3O2. The summed E-state index contributed by atoms with van der Waals surface area (Å²) in [6, 6.07) is 45.9. The lowest BCUT2D eigenvalue weighted by Gasteiger charge is -2.25. The van der Waals surface area contributed by atoms with Gasteiger partial charge in [0.25, 0.3) is 5.69 Å². The Bertz CT molecular complexity index is 1300. The summed E-state index contributed by atoms with van der Waals surface area (Å²) in [5, 5.41) is 10.6. The molecular weight excluding hydrogens is 458 g/mol. The number of hydrogen-bond acceptors (Lipinski definition) is 4. The molecule has 5 heteroatoms. The molecule has 0 N–H and O–H groups in total. The second kappa shape index (κ2) is 12.2. The van der Waals surface area contributed by atoms with E-state index in [0.717, 1.165) is 11.4 Å². The number of para-hydroxylation sites is 3. The molecule has 0 aromatic heterocycles. The lowest BCUT2D eigenvalue weighted by atomic mass is 10.2. The van der Waals surface area contributed by atoms with Crippen LogP contribution in [0.25, 0.3) is 0 Å². The van der Waals surface area contributed by atoms with E-state index in [1.54, 1.807) is 12.1 Å². The van der Waals surface area contributed by atoms with Gasteiger partial charge in [0.1, 0.15) is 0 Å². The molecule has 0 aliphatic carbocycles. The summed E-state index contributed by atoms with van der Waals surface area (Å²) in [4.78, 5) is 14.4. The smallest absolute Gasteiger partial charge is 0.269 e. The molecule has 0 aliphatic rings. The third-order valence-electron chi connectivity index (χ3n) is 5.91. The van der Waals surface area contributed by atoms with Gasteiger partial charge in [0.2, 0.25) is 0 Å². The second-order valence-corrected chi connectivity index (χ2v) is 8.51. The second-order valence-electron chi connectivity index (χ2n) is 8.51. The maximum atomic E-state index is 10.6. The monoisotopic (exact) mass is 487 g/mol. The summed E-state index contributed by atoms with van der Waals surface area (Å²) >= 11 is 0. The number of anilines is 5. The van der Waals surface area contributed by atoms with Crippen molar-refractivity contribution in [2.24, 2.45) is 0 Å². The fourth-order valence-corrected chi connectivity index (χ4v) is 3.89. The summed E-state index contributed by atoms with van der Waals surface area (Å²) < 4.78 is 0. The van der Waals surface area contributed by atoms with Crippen LogP contribution in [0.3, 0.4) is 0 Å². The van der Waals surface area contributed by atoms with Gasteiger partial charge in [0, 0.05) is 47.6 Å². The van der Waals surface area contributed by atoms with Gasteiger partial charge in [-0.2, -0.15) is 0 Å². The van der Waals surface area contributed by atoms with Gasteiger partial charge in [0.15, 0.2) is 0 Å². The average molecular weight is 488 g/mol. The van der Waals surface area contributed by atoms with Crippen LogP contribution >= 0.6 is 0 Å². The molecule has 0 heterocycles. The highest BCUT2D eigenvalue weighted by molar-refractivity contribution is 5.76. The van der Waals surface area contributed by atoms with Crippen molar-refractivity contribution in [1.29, 1.82) is 0 Å². The van der Waals surface area contributed by atoms with Crippen molar-refractivity contribution in [2.75, 3.05) is 16.8 Å². The fourth-order valence-electron chi connectivity index (χ4n) is 3.89. The van der Waals surface area contributed by atoms with Crippen LogP contribution in [0.1, 0.15) is 5.56 Å². The van der Waals surface area contributed by atoms with E-state index in [2.05, 4.69) is 77.7 Å². The summed E-state index contributed by atoms with van der Waals surface area (Å²) in [5.41, 5.74) is 6.78. The Morgan fingerprint density at radius 2 is 0.865 bits per heavy atom. The van der Waals surface area contributed by atoms with Gasteiger partial charge in [-0.15, -0.1) is 0 Å². The zero-order chi connectivity index (χ0) is 26.0. The molecule has 0 amide bonds. The topological polar surface area (TPSA) is 49.6 Å². The van der Waals surface area contributed by atoms with E-state index in [0.29, 0.717) is 0 Å². The molecule has 37 heavy (non-hydrogen) atoms. The SMILES string of the molecule is Cc1ccc(N(C)c2ccc([N+](=O)[O-])cc2)cc1.c1ccc(N(c2ccccc2)c2ccccc2)cc1. The van der Waals surface area contributed by atoms with Crippen molar-refractivity contribution >= 4 is 34.1 Å². The number of nitrogens with zero attached hydrogens (tertiary/aromatic N) is 3. The summed E-state index contributed by atoms with van der Waals surface area (Å²) in [6.07, 6.45) is 0. The molecule has 0 radical (unpaired) electrons. The quantitative estimate of drug-likeness (QED) is 0.177. The first kappa shape index (κ1) is 25.2. The van der Waals surface area contributed by atoms with Crippen LogP contribution in [0.2, 0.25) is 0 Å². The molecule has 0 saturated carbocycles. The Balaban J connectivity index is 0.000000173. The standard InChI is InChI=1S/C18H15N.C14H14N2O2/c1-4-10-16(11-5-1)19(17-12-6-2-7-13-17)18-14-8-3-9-15-18;1-11-3-5-12(6-4-11)15(2)13-7-9-14(10-8-13)16(17)18/h1-15H;3-10H,1-2H3. The van der Waals surface area contributed by atoms with E-state index in [9.17, 15) is 10.1 Å². The van der Waals surface area contributed by atoms with Crippen molar-refractivity contribution in [3.05, 3.63) is 155 Å². The Morgan fingerprint density at radius 3 is 1.22 bits per heavy atom. The molecule has 5 aromatic rings. The third kappa shape index (κ3) is 6.61. The van der Waals surface area contributed by atoms with Crippen molar-refractivity contribution in [1.82, 2.24) is 0 Å². The van der Waals surface area contributed by atoms with E-state index in [4.69, 9.17) is 0 Å². The van der Waals surface area contributed by atoms with Crippen LogP contribution < -0.4 is 9.80 Å². The first-order chi connectivity index (χ1) is 18.0. The van der Waals surface area contributed by atoms with Crippen molar-refractivity contribution < 1.29 is 4.92 Å². The van der Waals surface area contributed by atoms with Gasteiger partial charge >= 0.3 is 0 Å². The van der Waals surface area contributed by atoms with Crippen molar-refractivity contribution in [2.45, 2.75) is 6.92 Å². The Hall–Kier alpha value is -4.90. The molecule has 5 nitrogen and oxygen atoms in total. The minimum Gasteiger partial charge on any atom is -0.345 e. The van der Waals surface area contributed by atoms with Crippen LogP contribution in [0.5, 0.6) is 0 Å². The molecule has 0 atom stereocenters. The minimum atomic E-state index is -0.393. The fraction of sp³-hybridized carbons (Fsp3) is 0.0625. The zero-order valence-corrected chi connectivity index (χ0v) is 20.9. The normalized spacial score (nSPS) is 10.1. The largest absolute Gasteiger partial charge is 0.345 e. The minimum absolute atomic E-state index is 0.107. The van der Waals surface area contributed by atoms with E-state index in [1.807, 2.05) is 61.3 Å². The first-order valence-corrected chi connectivity index (χ1v) is 12.0. The van der Waals surface area contributed by atoms with Crippen LogP contribution in [0.15, 0.2) is 140 Å². The molecule has 184 valence electrons. The van der Waals surface area contributed by atoms with Crippen LogP contribution in [0.4, 0.5) is 34.1 Å². The van der Waals surface area contributed by atoms with E-state index in [-0.39, 0.29) is 5.69 Å². The zero-order valence-electron chi connectivity index (χ0n) is 20.9. The van der Waals surface area contributed by atoms with Gasteiger partial charge < -0.3 is 9.80 Å². The molecule has 0 fully saturated rings. The number of nitro benzene ring substituents is 1. The Labute approximate surface area is 218 Å². The van der Waals surface area contributed by atoms with Crippen molar-refractivity contribution in [3.8, 4) is 0 Å². The number of non-ortho nitro benzene ring substituents is 1. The van der Waals surface area contributed by atoms with Gasteiger partial charge in [-0.1, -0.05) is 72.3 Å². The van der Waals surface area contributed by atoms with Crippen LogP contribution in [-0.2, 0) is 0 Å². The molecule has 0 spiro atoms. The maximum absolute atomic E-state index is 10.6. The highest BCUT2D eigenvalue weighted by Gasteiger charge is 2.10. The predicted octanol–water partition coefficient (Wildman–Crippen LogP) is 8.83. The van der Waals surface area contributed by atoms with Gasteiger partial charge in [-0.25, -0.2) is 0 Å². The van der Waals surface area contributed by atoms with Gasteiger partial charge in [0.05, 0.1) is 4.92 Å². The van der Waals surface area contributed by atoms with E-state index >= 15 is 0 Å². The Morgan fingerprint density at radius 1 is 0.514 bits per heavy atom. The number of hydrogen-bond donors (Lipinski definition) is 0. The summed E-state index contributed by atoms with van der Waals surface area (Å²) in [7, 11) is 1.94. The van der Waals surface area contributed by atoms with Gasteiger partial charge in [-0.3, -0.25) is 10.1 Å². The maximum Gasteiger partial charge on any atom is 0.269 e. The number of aryl methyl sites for hydroxylation is 1. The number of benzene rings is 5. The molecule has 0 saturated heterocycles. The molecule has 5 rings (SSSR count). The lowest BCUT2D eigenvalue weighted by Crippen LogP contribution is -2.09. The summed E-state index contributed by atoms with van der Waals surface area (Å²) in [6.45, 7) is 2.04. The molecule has 5 aromatic carbocycles. The predicted molar refractivity (Wildman–Crippen MR) is 153 cm³/mol. The molecule has 0 aliphatic heterocycles. The highest BCUT2D eigenvalue weighted by Crippen LogP contribution is 2.33. The third-order valence-corrected chi connectivity index (χ3v) is 5.91. The number of nitro groups is 1. The lowest BCUT2D eigenvalue weighted by molar-refractivity contribution is -0.384. The summed E-state index contributed by atoms with van der Waals surface area (Å²) in [5.74, 6) is 0. The first-order valence-electron chi connectivity index (χ1n) is 12.0. The van der Waals surface area contributed by atoms with Crippen molar-refractivity contribution in [3.63, 3.8) is 0 Å². The molecule has 0 bridgehead atoms. The van der Waals surface area contributed by atoms with Crippen LogP contribution in [-0.4, -0.2) is 12.0 Å². The van der Waals surface area contributed by atoms with Gasteiger partial charge in [-0.05, 0) is 67.6 Å². The van der Waals surface area contributed by atoms with E-state index < -0.39 is 4.92 Å². The van der Waals surface area contributed by atoms with E-state index in [1.165, 1.54) is 34.8 Å². The van der Waals surface area contributed by atoms with Crippen LogP contribution in [0, 0.1) is 17.0 Å². The highest BCUT2D eigenvalue weighted by atomic mass is 16.6. The molecule has 0 unspecified atom stereocenters.